The highest BCUT2D eigenvalue weighted by atomic mass is 16.5. The van der Waals surface area contributed by atoms with E-state index in [4.69, 9.17) is 9.47 Å². The molecular weight excluding hydrogens is 250 g/mol. The molecule has 2 aliphatic rings. The largest absolute Gasteiger partial charge is 0.493 e. The summed E-state index contributed by atoms with van der Waals surface area (Å²) in [4.78, 5) is 0. The Balaban J connectivity index is 1.87. The first kappa shape index (κ1) is 13.9. The van der Waals surface area contributed by atoms with Crippen LogP contribution in [0.15, 0.2) is 18.2 Å². The fourth-order valence-electron chi connectivity index (χ4n) is 3.50. The molecule has 0 aromatic heterocycles. The number of ether oxygens (including phenoxy) is 2. The third kappa shape index (κ3) is 2.70. The van der Waals surface area contributed by atoms with Crippen molar-refractivity contribution in [1.82, 2.24) is 5.32 Å². The Labute approximate surface area is 121 Å². The Kier molecular flexibility index (Phi) is 4.27. The molecule has 0 aliphatic carbocycles. The molecule has 2 heterocycles. The monoisotopic (exact) mass is 275 g/mol. The van der Waals surface area contributed by atoms with Crippen molar-refractivity contribution in [1.29, 1.82) is 0 Å². The summed E-state index contributed by atoms with van der Waals surface area (Å²) in [6, 6.07) is 7.11. The molecule has 110 valence electrons. The van der Waals surface area contributed by atoms with E-state index in [-0.39, 0.29) is 0 Å². The summed E-state index contributed by atoms with van der Waals surface area (Å²) in [5.41, 5.74) is 2.75. The van der Waals surface area contributed by atoms with E-state index in [2.05, 4.69) is 37.4 Å². The minimum atomic E-state index is 0.339. The van der Waals surface area contributed by atoms with Gasteiger partial charge in [0.15, 0.2) is 0 Å². The zero-order chi connectivity index (χ0) is 13.9. The summed E-state index contributed by atoms with van der Waals surface area (Å²) >= 11 is 0. The van der Waals surface area contributed by atoms with E-state index in [0.29, 0.717) is 18.1 Å². The highest BCUT2D eigenvalue weighted by Crippen LogP contribution is 2.35. The first-order valence-electron chi connectivity index (χ1n) is 7.90. The maximum atomic E-state index is 5.76. The van der Waals surface area contributed by atoms with Crippen molar-refractivity contribution in [3.63, 3.8) is 0 Å². The first-order chi connectivity index (χ1) is 9.79. The van der Waals surface area contributed by atoms with E-state index in [1.807, 2.05) is 0 Å². The van der Waals surface area contributed by atoms with Crippen molar-refractivity contribution in [3.05, 3.63) is 29.3 Å². The molecule has 0 amide bonds. The molecule has 1 saturated heterocycles. The van der Waals surface area contributed by atoms with Crippen LogP contribution in [-0.2, 0) is 11.2 Å². The van der Waals surface area contributed by atoms with Crippen LogP contribution in [0.4, 0.5) is 0 Å². The van der Waals surface area contributed by atoms with Crippen LogP contribution in [0, 0.1) is 5.92 Å². The van der Waals surface area contributed by atoms with Gasteiger partial charge in [-0.3, -0.25) is 0 Å². The van der Waals surface area contributed by atoms with Gasteiger partial charge < -0.3 is 14.8 Å². The predicted molar refractivity (Wildman–Crippen MR) is 80.2 cm³/mol. The van der Waals surface area contributed by atoms with Crippen molar-refractivity contribution in [3.8, 4) is 5.75 Å². The van der Waals surface area contributed by atoms with Crippen LogP contribution in [0.2, 0.25) is 0 Å². The Bertz CT molecular complexity index is 460. The van der Waals surface area contributed by atoms with E-state index < -0.39 is 0 Å². The predicted octanol–water partition coefficient (Wildman–Crippen LogP) is 3.09. The maximum absolute atomic E-state index is 5.76. The van der Waals surface area contributed by atoms with Crippen LogP contribution < -0.4 is 10.1 Å². The van der Waals surface area contributed by atoms with Crippen LogP contribution in [0.3, 0.4) is 0 Å². The number of hydrogen-bond acceptors (Lipinski definition) is 3. The third-order valence-electron chi connectivity index (χ3n) is 4.58. The second-order valence-electron chi connectivity index (χ2n) is 5.88. The Morgan fingerprint density at radius 2 is 2.25 bits per heavy atom. The normalized spacial score (nSPS) is 26.9. The number of rotatable bonds is 4. The molecule has 0 bridgehead atoms. The van der Waals surface area contributed by atoms with Crippen LogP contribution >= 0.6 is 0 Å². The quantitative estimate of drug-likeness (QED) is 0.916. The lowest BCUT2D eigenvalue weighted by Gasteiger charge is -2.28. The molecule has 1 aromatic carbocycles. The van der Waals surface area contributed by atoms with E-state index in [0.717, 1.165) is 44.8 Å². The van der Waals surface area contributed by atoms with E-state index in [1.165, 1.54) is 11.1 Å². The SMILES string of the molecule is CCNC(c1ccc2c(c1)CCCO2)C1CCOC1C. The molecule has 3 unspecified atom stereocenters. The number of nitrogens with one attached hydrogen (secondary N) is 1. The fraction of sp³-hybridized carbons (Fsp3) is 0.647. The van der Waals surface area contributed by atoms with Crippen molar-refractivity contribution in [2.45, 2.75) is 45.3 Å². The molecule has 0 saturated carbocycles. The highest BCUT2D eigenvalue weighted by Gasteiger charge is 2.32. The summed E-state index contributed by atoms with van der Waals surface area (Å²) < 4.78 is 11.5. The minimum absolute atomic E-state index is 0.339. The van der Waals surface area contributed by atoms with Gasteiger partial charge in [-0.15, -0.1) is 0 Å². The van der Waals surface area contributed by atoms with Gasteiger partial charge in [-0.25, -0.2) is 0 Å². The summed E-state index contributed by atoms with van der Waals surface area (Å²) in [5, 5.41) is 3.66. The van der Waals surface area contributed by atoms with Gasteiger partial charge in [-0.2, -0.15) is 0 Å². The maximum Gasteiger partial charge on any atom is 0.122 e. The van der Waals surface area contributed by atoms with Gasteiger partial charge in [-0.1, -0.05) is 19.1 Å². The van der Waals surface area contributed by atoms with Crippen molar-refractivity contribution < 1.29 is 9.47 Å². The summed E-state index contributed by atoms with van der Waals surface area (Å²) in [6.45, 7) is 7.11. The van der Waals surface area contributed by atoms with Crippen LogP contribution in [0.5, 0.6) is 5.75 Å². The zero-order valence-corrected chi connectivity index (χ0v) is 12.5. The minimum Gasteiger partial charge on any atom is -0.493 e. The summed E-state index contributed by atoms with van der Waals surface area (Å²) in [6.07, 6.45) is 3.75. The lowest BCUT2D eigenvalue weighted by Crippen LogP contribution is -2.32. The summed E-state index contributed by atoms with van der Waals surface area (Å²) in [5.74, 6) is 1.64. The van der Waals surface area contributed by atoms with Gasteiger partial charge in [-0.05, 0) is 49.9 Å². The fourth-order valence-corrected chi connectivity index (χ4v) is 3.50. The molecule has 3 nitrogen and oxygen atoms in total. The molecular formula is C17H25NO2. The average Bonchev–Trinajstić information content (AvgIpc) is 2.90. The van der Waals surface area contributed by atoms with Crippen LogP contribution in [0.25, 0.3) is 0 Å². The van der Waals surface area contributed by atoms with Crippen LogP contribution in [-0.4, -0.2) is 25.9 Å². The van der Waals surface area contributed by atoms with E-state index in [9.17, 15) is 0 Å². The lowest BCUT2D eigenvalue weighted by molar-refractivity contribution is 0.0955. The summed E-state index contributed by atoms with van der Waals surface area (Å²) in [7, 11) is 0. The number of benzene rings is 1. The van der Waals surface area contributed by atoms with E-state index in [1.54, 1.807) is 0 Å². The van der Waals surface area contributed by atoms with E-state index >= 15 is 0 Å². The van der Waals surface area contributed by atoms with Gasteiger partial charge in [0.2, 0.25) is 0 Å². The Hall–Kier alpha value is -1.06. The Morgan fingerprint density at radius 1 is 1.35 bits per heavy atom. The standard InChI is InChI=1S/C17H25NO2/c1-3-18-17(15-8-10-19-12(15)2)14-6-7-16-13(11-14)5-4-9-20-16/h6-7,11-12,15,17-18H,3-5,8-10H2,1-2H3. The van der Waals surface area contributed by atoms with Crippen molar-refractivity contribution in [2.24, 2.45) is 5.92 Å². The molecule has 0 spiro atoms. The van der Waals surface area contributed by atoms with Gasteiger partial charge in [0.25, 0.3) is 0 Å². The lowest BCUT2D eigenvalue weighted by atomic mass is 9.87. The van der Waals surface area contributed by atoms with Crippen molar-refractivity contribution >= 4 is 0 Å². The smallest absolute Gasteiger partial charge is 0.122 e. The van der Waals surface area contributed by atoms with Gasteiger partial charge in [0, 0.05) is 18.6 Å². The molecule has 20 heavy (non-hydrogen) atoms. The molecule has 1 fully saturated rings. The molecule has 3 rings (SSSR count). The molecule has 2 aliphatic heterocycles. The van der Waals surface area contributed by atoms with Gasteiger partial charge in [0.1, 0.15) is 5.75 Å². The molecule has 1 aromatic rings. The zero-order valence-electron chi connectivity index (χ0n) is 12.5. The van der Waals surface area contributed by atoms with Gasteiger partial charge >= 0.3 is 0 Å². The molecule has 3 atom stereocenters. The topological polar surface area (TPSA) is 30.5 Å². The highest BCUT2D eigenvalue weighted by molar-refractivity contribution is 5.40. The number of fused-ring (bicyclic) bond motifs is 1. The average molecular weight is 275 g/mol. The number of hydrogen-bond donors (Lipinski definition) is 1. The Morgan fingerprint density at radius 3 is 3.00 bits per heavy atom. The van der Waals surface area contributed by atoms with Crippen molar-refractivity contribution in [2.75, 3.05) is 19.8 Å². The first-order valence-corrected chi connectivity index (χ1v) is 7.90. The van der Waals surface area contributed by atoms with Crippen LogP contribution in [0.1, 0.15) is 43.9 Å². The van der Waals surface area contributed by atoms with Gasteiger partial charge in [0.05, 0.1) is 12.7 Å². The number of aryl methyl sites for hydroxylation is 1. The second kappa shape index (κ2) is 6.15. The third-order valence-corrected chi connectivity index (χ3v) is 4.58. The molecule has 3 heteroatoms. The molecule has 0 radical (unpaired) electrons. The molecule has 1 N–H and O–H groups in total. The second-order valence-corrected chi connectivity index (χ2v) is 5.88.